The SMILES string of the molecule is [B]c1ccc(-c2ccc3oc4ccc(-c5cccc6c5oc5ccccc56)cc4c3c2)cc1. The Morgan fingerprint density at radius 3 is 1.91 bits per heavy atom. The molecule has 0 aliphatic rings. The summed E-state index contributed by atoms with van der Waals surface area (Å²) in [4.78, 5) is 0. The average molecular weight is 420 g/mol. The van der Waals surface area contributed by atoms with Crippen LogP contribution in [0.3, 0.4) is 0 Å². The minimum atomic E-state index is 0.762. The molecular formula is C30H17BO2. The Hall–Kier alpha value is -4.24. The maximum Gasteiger partial charge on any atom is 0.143 e. The molecule has 0 aliphatic carbocycles. The molecule has 2 radical (unpaired) electrons. The van der Waals surface area contributed by atoms with Crippen molar-refractivity contribution in [2.24, 2.45) is 0 Å². The Kier molecular flexibility index (Phi) is 3.83. The number of para-hydroxylation sites is 2. The molecule has 0 unspecified atom stereocenters. The molecule has 2 heterocycles. The highest BCUT2D eigenvalue weighted by atomic mass is 16.3. The molecule has 7 rings (SSSR count). The topological polar surface area (TPSA) is 26.3 Å². The van der Waals surface area contributed by atoms with Crippen LogP contribution < -0.4 is 5.46 Å². The van der Waals surface area contributed by atoms with Crippen LogP contribution in [0.4, 0.5) is 0 Å². The van der Waals surface area contributed by atoms with Crippen molar-refractivity contribution in [2.75, 3.05) is 0 Å². The van der Waals surface area contributed by atoms with Crippen LogP contribution >= 0.6 is 0 Å². The van der Waals surface area contributed by atoms with Gasteiger partial charge in [-0.3, -0.25) is 0 Å². The minimum absolute atomic E-state index is 0.762. The lowest BCUT2D eigenvalue weighted by atomic mass is 9.93. The van der Waals surface area contributed by atoms with E-state index in [1.165, 1.54) is 0 Å². The van der Waals surface area contributed by atoms with Gasteiger partial charge in [-0.1, -0.05) is 78.3 Å². The maximum atomic E-state index is 6.27. The molecule has 0 aliphatic heterocycles. The normalized spacial score (nSPS) is 11.8. The average Bonchev–Trinajstić information content (AvgIpc) is 3.42. The van der Waals surface area contributed by atoms with Gasteiger partial charge in [0.2, 0.25) is 0 Å². The summed E-state index contributed by atoms with van der Waals surface area (Å²) in [6.07, 6.45) is 0. The molecule has 0 atom stereocenters. The largest absolute Gasteiger partial charge is 0.456 e. The van der Waals surface area contributed by atoms with Gasteiger partial charge in [0.1, 0.15) is 30.2 Å². The molecule has 0 fully saturated rings. The zero-order valence-electron chi connectivity index (χ0n) is 17.7. The molecular weight excluding hydrogens is 403 g/mol. The van der Waals surface area contributed by atoms with Gasteiger partial charge in [-0.15, -0.1) is 0 Å². The Bertz CT molecular complexity index is 1820. The predicted octanol–water partition coefficient (Wildman–Crippen LogP) is 7.61. The molecule has 7 aromatic rings. The Balaban J connectivity index is 1.45. The summed E-state index contributed by atoms with van der Waals surface area (Å²) in [7, 11) is 5.87. The molecule has 0 spiro atoms. The fraction of sp³-hybridized carbons (Fsp3) is 0. The Morgan fingerprint density at radius 2 is 1.09 bits per heavy atom. The zero-order chi connectivity index (χ0) is 21.9. The summed E-state index contributed by atoms with van der Waals surface area (Å²) in [5.41, 5.74) is 8.78. The van der Waals surface area contributed by atoms with Crippen LogP contribution in [0.15, 0.2) is 112 Å². The number of hydrogen-bond donors (Lipinski definition) is 0. The molecule has 152 valence electrons. The van der Waals surface area contributed by atoms with E-state index in [1.807, 2.05) is 48.5 Å². The molecule has 33 heavy (non-hydrogen) atoms. The summed E-state index contributed by atoms with van der Waals surface area (Å²) in [6, 6.07) is 35.2. The van der Waals surface area contributed by atoms with Crippen molar-refractivity contribution in [1.29, 1.82) is 0 Å². The number of benzene rings is 5. The van der Waals surface area contributed by atoms with E-state index >= 15 is 0 Å². The lowest BCUT2D eigenvalue weighted by molar-refractivity contribution is 0.668. The van der Waals surface area contributed by atoms with E-state index in [2.05, 4.69) is 54.6 Å². The molecule has 0 saturated heterocycles. The van der Waals surface area contributed by atoms with Crippen molar-refractivity contribution >= 4 is 57.2 Å². The first-order chi connectivity index (χ1) is 16.2. The molecule has 5 aromatic carbocycles. The third-order valence-electron chi connectivity index (χ3n) is 6.43. The summed E-state index contributed by atoms with van der Waals surface area (Å²) in [5.74, 6) is 0. The third kappa shape index (κ3) is 2.83. The molecule has 0 bridgehead atoms. The lowest BCUT2D eigenvalue weighted by Crippen LogP contribution is -1.98. The molecule has 2 aromatic heterocycles. The van der Waals surface area contributed by atoms with E-state index in [1.54, 1.807) is 0 Å². The van der Waals surface area contributed by atoms with E-state index in [0.717, 1.165) is 71.6 Å². The van der Waals surface area contributed by atoms with Gasteiger partial charge in [-0.2, -0.15) is 0 Å². The van der Waals surface area contributed by atoms with Gasteiger partial charge in [0.15, 0.2) is 0 Å². The Labute approximate surface area is 191 Å². The highest BCUT2D eigenvalue weighted by molar-refractivity contribution is 6.32. The van der Waals surface area contributed by atoms with Crippen LogP contribution in [0.5, 0.6) is 0 Å². The summed E-state index contributed by atoms with van der Waals surface area (Å²) in [6.45, 7) is 0. The van der Waals surface area contributed by atoms with Gasteiger partial charge in [0.05, 0.1) is 0 Å². The fourth-order valence-corrected chi connectivity index (χ4v) is 4.77. The second-order valence-corrected chi connectivity index (χ2v) is 8.43. The third-order valence-corrected chi connectivity index (χ3v) is 6.43. The van der Waals surface area contributed by atoms with Gasteiger partial charge in [0.25, 0.3) is 0 Å². The van der Waals surface area contributed by atoms with Crippen LogP contribution in [0, 0.1) is 0 Å². The van der Waals surface area contributed by atoms with E-state index < -0.39 is 0 Å². The molecule has 3 heteroatoms. The molecule has 0 amide bonds. The Morgan fingerprint density at radius 1 is 0.455 bits per heavy atom. The number of fused-ring (bicyclic) bond motifs is 6. The van der Waals surface area contributed by atoms with Crippen molar-refractivity contribution in [3.8, 4) is 22.3 Å². The summed E-state index contributed by atoms with van der Waals surface area (Å²) < 4.78 is 12.4. The van der Waals surface area contributed by atoms with Crippen LogP contribution in [-0.4, -0.2) is 7.85 Å². The molecule has 2 nitrogen and oxygen atoms in total. The molecule has 0 N–H and O–H groups in total. The molecule has 0 saturated carbocycles. The minimum Gasteiger partial charge on any atom is -0.456 e. The van der Waals surface area contributed by atoms with Crippen LogP contribution in [0.1, 0.15) is 0 Å². The van der Waals surface area contributed by atoms with Gasteiger partial charge >= 0.3 is 0 Å². The van der Waals surface area contributed by atoms with Crippen molar-refractivity contribution in [3.63, 3.8) is 0 Å². The smallest absolute Gasteiger partial charge is 0.143 e. The first kappa shape index (κ1) is 18.3. The van der Waals surface area contributed by atoms with Crippen LogP contribution in [-0.2, 0) is 0 Å². The van der Waals surface area contributed by atoms with E-state index in [0.29, 0.717) is 0 Å². The quantitative estimate of drug-likeness (QED) is 0.269. The zero-order valence-corrected chi connectivity index (χ0v) is 17.7. The fourth-order valence-electron chi connectivity index (χ4n) is 4.77. The number of hydrogen-bond acceptors (Lipinski definition) is 2. The monoisotopic (exact) mass is 420 g/mol. The van der Waals surface area contributed by atoms with E-state index in [9.17, 15) is 0 Å². The van der Waals surface area contributed by atoms with Gasteiger partial charge in [-0.25, -0.2) is 0 Å². The first-order valence-corrected chi connectivity index (χ1v) is 11.0. The number of furan rings is 2. The van der Waals surface area contributed by atoms with Crippen LogP contribution in [0.25, 0.3) is 66.1 Å². The number of rotatable bonds is 2. The van der Waals surface area contributed by atoms with Crippen LogP contribution in [0.2, 0.25) is 0 Å². The second-order valence-electron chi connectivity index (χ2n) is 8.43. The van der Waals surface area contributed by atoms with Gasteiger partial charge in [0, 0.05) is 27.1 Å². The van der Waals surface area contributed by atoms with Crippen molar-refractivity contribution < 1.29 is 8.83 Å². The lowest BCUT2D eigenvalue weighted by Gasteiger charge is -2.04. The second kappa shape index (κ2) is 6.88. The first-order valence-electron chi connectivity index (χ1n) is 11.0. The van der Waals surface area contributed by atoms with E-state index in [4.69, 9.17) is 16.7 Å². The van der Waals surface area contributed by atoms with Crippen molar-refractivity contribution in [1.82, 2.24) is 0 Å². The maximum absolute atomic E-state index is 6.27. The van der Waals surface area contributed by atoms with E-state index in [-0.39, 0.29) is 0 Å². The highest BCUT2D eigenvalue weighted by Crippen LogP contribution is 2.39. The standard InChI is InChI=1S/C30H17BO2/c31-21-12-8-18(9-13-21)19-10-14-28-25(16-19)26-17-20(11-15-29(26)32-28)22-5-3-6-24-23-4-1-2-7-27(23)33-30(22)24/h1-17H. The van der Waals surface area contributed by atoms with Gasteiger partial charge in [-0.05, 0) is 47.0 Å². The summed E-state index contributed by atoms with van der Waals surface area (Å²) in [5, 5.41) is 4.45. The summed E-state index contributed by atoms with van der Waals surface area (Å²) >= 11 is 0. The van der Waals surface area contributed by atoms with Crippen molar-refractivity contribution in [3.05, 3.63) is 103 Å². The highest BCUT2D eigenvalue weighted by Gasteiger charge is 2.14. The predicted molar refractivity (Wildman–Crippen MR) is 137 cm³/mol. The van der Waals surface area contributed by atoms with Crippen molar-refractivity contribution in [2.45, 2.75) is 0 Å². The van der Waals surface area contributed by atoms with Gasteiger partial charge < -0.3 is 8.83 Å².